The summed E-state index contributed by atoms with van der Waals surface area (Å²) < 4.78 is 26.3. The van der Waals surface area contributed by atoms with Gasteiger partial charge < -0.3 is 10.1 Å². The second kappa shape index (κ2) is 5.77. The molecular weight excluding hydrogens is 270 g/mol. The third kappa shape index (κ3) is 3.74. The summed E-state index contributed by atoms with van der Waals surface area (Å²) in [6.45, 7) is 3.56. The molecule has 1 unspecified atom stereocenters. The fraction of sp³-hybridized carbons (Fsp3) is 0.364. The Kier molecular flexibility index (Phi) is 4.58. The van der Waals surface area contributed by atoms with Crippen LogP contribution in [0, 0.1) is 28.4 Å². The van der Waals surface area contributed by atoms with Crippen LogP contribution in [0.4, 0.5) is 5.82 Å². The molecule has 1 rings (SSSR count). The van der Waals surface area contributed by atoms with E-state index in [2.05, 4.69) is 15.6 Å². The van der Waals surface area contributed by atoms with Gasteiger partial charge in [0, 0.05) is 6.07 Å². The van der Waals surface area contributed by atoms with Crippen LogP contribution in [0.25, 0.3) is 0 Å². The number of nitrogens with zero attached hydrogens (tertiary/aromatic N) is 2. The van der Waals surface area contributed by atoms with E-state index in [9.17, 15) is 18.5 Å². The lowest BCUT2D eigenvalue weighted by Crippen LogP contribution is -2.37. The third-order valence-corrected chi connectivity index (χ3v) is 3.77. The highest BCUT2D eigenvalue weighted by Gasteiger charge is 2.23. The number of pyridine rings is 1. The minimum Gasteiger partial charge on any atom is -0.358 e. The lowest BCUT2D eigenvalue weighted by atomic mass is 10.1. The topological polar surface area (TPSA) is 102 Å². The molecule has 0 bridgehead atoms. The van der Waals surface area contributed by atoms with Crippen molar-refractivity contribution in [3.05, 3.63) is 28.4 Å². The molecule has 7 nitrogen and oxygen atoms in total. The van der Waals surface area contributed by atoms with Crippen LogP contribution in [0.15, 0.2) is 23.2 Å². The van der Waals surface area contributed by atoms with E-state index >= 15 is 0 Å². The first-order valence-corrected chi connectivity index (χ1v) is 6.85. The van der Waals surface area contributed by atoms with Crippen molar-refractivity contribution in [1.29, 1.82) is 0 Å². The summed E-state index contributed by atoms with van der Waals surface area (Å²) in [5.74, 6) is 1.84. The predicted octanol–water partition coefficient (Wildman–Crippen LogP) is 0.926. The van der Waals surface area contributed by atoms with Crippen LogP contribution in [0.5, 0.6) is 0 Å². The maximum absolute atomic E-state index is 12.0. The van der Waals surface area contributed by atoms with Gasteiger partial charge in [-0.25, -0.2) is 8.42 Å². The van der Waals surface area contributed by atoms with Crippen molar-refractivity contribution >= 4 is 15.8 Å². The first-order chi connectivity index (χ1) is 8.77. The molecule has 8 heteroatoms. The van der Waals surface area contributed by atoms with Crippen LogP contribution >= 0.6 is 0 Å². The van der Waals surface area contributed by atoms with E-state index in [1.807, 2.05) is 0 Å². The van der Waals surface area contributed by atoms with Gasteiger partial charge in [-0.2, -0.15) is 4.72 Å². The van der Waals surface area contributed by atoms with Crippen molar-refractivity contribution in [2.75, 3.05) is 0 Å². The summed E-state index contributed by atoms with van der Waals surface area (Å²) in [6, 6.07) is 1.48. The molecule has 1 atom stereocenters. The second-order valence-electron chi connectivity index (χ2n) is 4.12. The van der Waals surface area contributed by atoms with Crippen molar-refractivity contribution in [3.8, 4) is 12.3 Å². The highest BCUT2D eigenvalue weighted by atomic mass is 32.2. The maximum atomic E-state index is 12.0. The molecule has 0 aliphatic carbocycles. The van der Waals surface area contributed by atoms with E-state index < -0.39 is 26.8 Å². The van der Waals surface area contributed by atoms with Gasteiger partial charge in [0.1, 0.15) is 4.90 Å². The van der Waals surface area contributed by atoms with Gasteiger partial charge in [0.05, 0.1) is 6.04 Å². The zero-order valence-corrected chi connectivity index (χ0v) is 11.2. The largest absolute Gasteiger partial charge is 0.363 e. The number of nitro groups is 1. The summed E-state index contributed by atoms with van der Waals surface area (Å²) in [7, 11) is -3.84. The molecule has 0 spiro atoms. The molecular formula is C11H13N3O4S. The number of hydrogen-bond donors (Lipinski definition) is 1. The van der Waals surface area contributed by atoms with Gasteiger partial charge in [0.25, 0.3) is 0 Å². The zero-order valence-electron chi connectivity index (χ0n) is 10.4. The average Bonchev–Trinajstić information content (AvgIpc) is 2.35. The van der Waals surface area contributed by atoms with Gasteiger partial charge in [-0.15, -0.1) is 6.42 Å². The highest BCUT2D eigenvalue weighted by molar-refractivity contribution is 7.89. The molecule has 0 radical (unpaired) electrons. The normalized spacial score (nSPS) is 12.9. The van der Waals surface area contributed by atoms with E-state index in [0.717, 1.165) is 18.3 Å². The molecule has 102 valence electrons. The molecule has 1 aromatic heterocycles. The van der Waals surface area contributed by atoms with E-state index in [1.165, 1.54) is 0 Å². The molecule has 0 aliphatic heterocycles. The number of hydrogen-bond acceptors (Lipinski definition) is 5. The van der Waals surface area contributed by atoms with Gasteiger partial charge in [0.2, 0.25) is 10.0 Å². The Labute approximate surface area is 111 Å². The van der Waals surface area contributed by atoms with Gasteiger partial charge >= 0.3 is 5.82 Å². The maximum Gasteiger partial charge on any atom is 0.363 e. The molecule has 0 aliphatic rings. The zero-order chi connectivity index (χ0) is 14.6. The minimum atomic E-state index is -3.84. The summed E-state index contributed by atoms with van der Waals surface area (Å²) in [5.41, 5.74) is 0. The number of nitrogens with one attached hydrogen (secondary N) is 1. The molecule has 0 saturated carbocycles. The van der Waals surface area contributed by atoms with Crippen LogP contribution in [0.2, 0.25) is 0 Å². The Morgan fingerprint density at radius 2 is 2.11 bits per heavy atom. The van der Waals surface area contributed by atoms with Gasteiger partial charge in [-0.1, -0.05) is 19.8 Å². The van der Waals surface area contributed by atoms with Crippen LogP contribution in [-0.2, 0) is 10.0 Å². The van der Waals surface area contributed by atoms with Gasteiger partial charge in [-0.3, -0.25) is 0 Å². The number of terminal acetylenes is 1. The van der Waals surface area contributed by atoms with E-state index in [-0.39, 0.29) is 10.8 Å². The Hall–Kier alpha value is -1.98. The standard InChI is InChI=1S/C11H13N3O4S/c1-4-10(8(2)3)13-19(17,18)9-5-6-11(12-7-9)14(15)16/h1,5-8,10,13H,2-3H3. The molecule has 0 aromatic carbocycles. The fourth-order valence-corrected chi connectivity index (χ4v) is 2.49. The monoisotopic (exact) mass is 283 g/mol. The smallest absolute Gasteiger partial charge is 0.358 e. The first-order valence-electron chi connectivity index (χ1n) is 5.37. The first kappa shape index (κ1) is 15.1. The van der Waals surface area contributed by atoms with E-state index in [4.69, 9.17) is 6.42 Å². The summed E-state index contributed by atoms with van der Waals surface area (Å²) in [5, 5.41) is 10.4. The Morgan fingerprint density at radius 1 is 1.47 bits per heavy atom. The average molecular weight is 283 g/mol. The molecule has 0 amide bonds. The Bertz CT molecular complexity index is 602. The SMILES string of the molecule is C#CC(NS(=O)(=O)c1ccc([N+](=O)[O-])nc1)C(C)C. The van der Waals surface area contributed by atoms with Crippen LogP contribution < -0.4 is 4.72 Å². The Balaban J connectivity index is 3.01. The molecule has 19 heavy (non-hydrogen) atoms. The second-order valence-corrected chi connectivity index (χ2v) is 5.83. The molecule has 1 heterocycles. The highest BCUT2D eigenvalue weighted by Crippen LogP contribution is 2.13. The third-order valence-electron chi connectivity index (χ3n) is 2.35. The van der Waals surface area contributed by atoms with Crippen molar-refractivity contribution in [2.24, 2.45) is 5.92 Å². The number of aromatic nitrogens is 1. The number of rotatable bonds is 5. The molecule has 1 aromatic rings. The molecule has 1 N–H and O–H groups in total. The van der Waals surface area contributed by atoms with E-state index in [1.54, 1.807) is 13.8 Å². The summed E-state index contributed by atoms with van der Waals surface area (Å²) in [4.78, 5) is 13.0. The van der Waals surface area contributed by atoms with Crippen molar-refractivity contribution in [2.45, 2.75) is 24.8 Å². The summed E-state index contributed by atoms with van der Waals surface area (Å²) in [6.07, 6.45) is 6.17. The molecule has 0 saturated heterocycles. The quantitative estimate of drug-likeness (QED) is 0.492. The van der Waals surface area contributed by atoms with Crippen molar-refractivity contribution in [3.63, 3.8) is 0 Å². The van der Waals surface area contributed by atoms with E-state index in [0.29, 0.717) is 0 Å². The van der Waals surface area contributed by atoms with Crippen LogP contribution in [0.1, 0.15) is 13.8 Å². The van der Waals surface area contributed by atoms with Crippen LogP contribution in [0.3, 0.4) is 0 Å². The van der Waals surface area contributed by atoms with Crippen LogP contribution in [-0.4, -0.2) is 24.4 Å². The fourth-order valence-electron chi connectivity index (χ4n) is 1.24. The minimum absolute atomic E-state index is 0.0780. The Morgan fingerprint density at radius 3 is 2.47 bits per heavy atom. The van der Waals surface area contributed by atoms with Crippen molar-refractivity contribution < 1.29 is 13.3 Å². The predicted molar refractivity (Wildman–Crippen MR) is 68.7 cm³/mol. The number of sulfonamides is 1. The summed E-state index contributed by atoms with van der Waals surface area (Å²) >= 11 is 0. The lowest BCUT2D eigenvalue weighted by Gasteiger charge is -2.16. The lowest BCUT2D eigenvalue weighted by molar-refractivity contribution is -0.389. The van der Waals surface area contributed by atoms with Gasteiger partial charge in [0.15, 0.2) is 6.20 Å². The van der Waals surface area contributed by atoms with Gasteiger partial charge in [-0.05, 0) is 21.9 Å². The molecule has 0 fully saturated rings. The van der Waals surface area contributed by atoms with Crippen molar-refractivity contribution in [1.82, 2.24) is 9.71 Å².